The molecule has 2 aromatic carbocycles. The van der Waals surface area contributed by atoms with Crippen LogP contribution in [0.1, 0.15) is 0 Å². The molecule has 3 N–H and O–H groups in total. The Bertz CT molecular complexity index is 1150. The zero-order chi connectivity index (χ0) is 19.6. The molecule has 0 radical (unpaired) electrons. The number of nitrogens with zero attached hydrogens (tertiary/aromatic N) is 4. The van der Waals surface area contributed by atoms with E-state index in [2.05, 4.69) is 15.7 Å². The second-order valence-corrected chi connectivity index (χ2v) is 7.37. The van der Waals surface area contributed by atoms with Gasteiger partial charge in [0.25, 0.3) is 0 Å². The monoisotopic (exact) mass is 408 g/mol. The van der Waals surface area contributed by atoms with Gasteiger partial charge in [-0.25, -0.2) is 18.4 Å². The third-order valence-electron chi connectivity index (χ3n) is 3.48. The van der Waals surface area contributed by atoms with Crippen molar-refractivity contribution >= 4 is 33.2 Å². The first-order valence-corrected chi connectivity index (χ1v) is 9.38. The molecule has 27 heavy (non-hydrogen) atoms. The molecule has 0 saturated carbocycles. The van der Waals surface area contributed by atoms with Crippen LogP contribution in [0, 0.1) is 0 Å². The van der Waals surface area contributed by atoms with Crippen LogP contribution in [-0.2, 0) is 21.4 Å². The van der Waals surface area contributed by atoms with Gasteiger partial charge in [-0.1, -0.05) is 23.7 Å². The van der Waals surface area contributed by atoms with Crippen LogP contribution in [0.15, 0.2) is 58.2 Å². The number of tetrazole rings is 1. The quantitative estimate of drug-likeness (QED) is 0.624. The number of amides is 1. The molecule has 1 aromatic heterocycles. The van der Waals surface area contributed by atoms with Crippen molar-refractivity contribution in [3.05, 3.63) is 64.0 Å². The molecule has 1 amide bonds. The largest absolute Gasteiger partial charge is 0.369 e. The molecule has 10 nitrogen and oxygen atoms in total. The Morgan fingerprint density at radius 1 is 1.11 bits per heavy atom. The molecular weight excluding hydrogens is 396 g/mol. The van der Waals surface area contributed by atoms with Crippen molar-refractivity contribution in [2.45, 2.75) is 11.4 Å². The van der Waals surface area contributed by atoms with Crippen LogP contribution in [0.3, 0.4) is 0 Å². The number of para-hydroxylation sites is 1. The Hall–Kier alpha value is -3.02. The molecule has 0 fully saturated rings. The van der Waals surface area contributed by atoms with Gasteiger partial charge in [0.05, 0.1) is 15.6 Å². The van der Waals surface area contributed by atoms with Gasteiger partial charge in [0.1, 0.15) is 6.54 Å². The number of carbonyl (C=O) groups excluding carboxylic acids is 1. The number of nitrogens with one attached hydrogen (secondary N) is 1. The highest BCUT2D eigenvalue weighted by Crippen LogP contribution is 2.17. The molecule has 1 heterocycles. The average molecular weight is 409 g/mol. The molecule has 12 heteroatoms. The fourth-order valence-electron chi connectivity index (χ4n) is 2.21. The van der Waals surface area contributed by atoms with Crippen LogP contribution >= 0.6 is 11.6 Å². The molecule has 0 bridgehead atoms. The van der Waals surface area contributed by atoms with Crippen LogP contribution in [0.2, 0.25) is 5.02 Å². The maximum atomic E-state index is 12.3. The van der Waals surface area contributed by atoms with Gasteiger partial charge in [-0.3, -0.25) is 4.79 Å². The number of benzene rings is 2. The number of hydrogen-bond donors (Lipinski definition) is 2. The van der Waals surface area contributed by atoms with Gasteiger partial charge in [-0.05, 0) is 46.8 Å². The summed E-state index contributed by atoms with van der Waals surface area (Å²) >= 11 is 6.03. The molecule has 0 atom stereocenters. The number of carbonyl (C=O) groups is 1. The van der Waals surface area contributed by atoms with E-state index in [1.54, 1.807) is 24.3 Å². The van der Waals surface area contributed by atoms with E-state index in [1.165, 1.54) is 24.3 Å². The summed E-state index contributed by atoms with van der Waals surface area (Å²) in [7, 11) is -3.82. The number of halogens is 1. The van der Waals surface area contributed by atoms with Crippen molar-refractivity contribution in [3.63, 3.8) is 0 Å². The zero-order valence-corrected chi connectivity index (χ0v) is 15.2. The number of hydrogen-bond acceptors (Lipinski definition) is 6. The van der Waals surface area contributed by atoms with Crippen LogP contribution in [0.4, 0.5) is 5.69 Å². The number of rotatable bonds is 5. The molecule has 3 rings (SSSR count). The van der Waals surface area contributed by atoms with Gasteiger partial charge in [0, 0.05) is 5.69 Å². The summed E-state index contributed by atoms with van der Waals surface area (Å²) in [5.41, 5.74) is 0.0381. The number of anilines is 1. The molecule has 0 aliphatic carbocycles. The fourth-order valence-corrected chi connectivity index (χ4v) is 2.94. The van der Waals surface area contributed by atoms with Crippen molar-refractivity contribution in [2.24, 2.45) is 5.14 Å². The van der Waals surface area contributed by atoms with Crippen molar-refractivity contribution in [3.8, 4) is 5.69 Å². The van der Waals surface area contributed by atoms with E-state index in [-0.39, 0.29) is 11.4 Å². The zero-order valence-electron chi connectivity index (χ0n) is 13.6. The second-order valence-electron chi connectivity index (χ2n) is 5.40. The van der Waals surface area contributed by atoms with Gasteiger partial charge >= 0.3 is 5.69 Å². The minimum absolute atomic E-state index is 0.0839. The van der Waals surface area contributed by atoms with Gasteiger partial charge in [0.2, 0.25) is 15.9 Å². The molecule has 0 spiro atoms. The summed E-state index contributed by atoms with van der Waals surface area (Å²) in [6.45, 7) is -0.389. The predicted molar refractivity (Wildman–Crippen MR) is 97.1 cm³/mol. The molecule has 0 aliphatic heterocycles. The highest BCUT2D eigenvalue weighted by atomic mass is 35.5. The van der Waals surface area contributed by atoms with Crippen molar-refractivity contribution in [2.75, 3.05) is 5.32 Å². The summed E-state index contributed by atoms with van der Waals surface area (Å²) in [6, 6.07) is 11.8. The summed E-state index contributed by atoms with van der Waals surface area (Å²) < 4.78 is 24.3. The lowest BCUT2D eigenvalue weighted by Crippen LogP contribution is -2.29. The van der Waals surface area contributed by atoms with Gasteiger partial charge in [-0.2, -0.15) is 9.36 Å². The molecule has 0 unspecified atom stereocenters. The van der Waals surface area contributed by atoms with Gasteiger partial charge in [0.15, 0.2) is 0 Å². The number of nitrogens with two attached hydrogens (primary N) is 1. The maximum Gasteiger partial charge on any atom is 0.369 e. The minimum Gasteiger partial charge on any atom is -0.324 e. The Morgan fingerprint density at radius 2 is 1.78 bits per heavy atom. The van der Waals surface area contributed by atoms with Crippen LogP contribution in [-0.4, -0.2) is 34.1 Å². The topological polar surface area (TPSA) is 142 Å². The Labute approximate surface area is 158 Å². The number of aromatic nitrogens is 4. The highest BCUT2D eigenvalue weighted by Gasteiger charge is 2.14. The summed E-state index contributed by atoms with van der Waals surface area (Å²) in [5, 5.41) is 15.2. The standard InChI is InChI=1S/C15H13ClN6O4S/c16-12-3-1-2-4-13(12)22-15(24)21(19-20-22)9-14(23)18-10-5-7-11(8-6-10)27(17,25)26/h1-8H,9H2,(H,18,23)(H2,17,25,26). The summed E-state index contributed by atoms with van der Waals surface area (Å²) in [4.78, 5) is 24.4. The summed E-state index contributed by atoms with van der Waals surface area (Å²) in [5.74, 6) is -0.549. The molecule has 0 saturated heterocycles. The second kappa shape index (κ2) is 7.31. The van der Waals surface area contributed by atoms with E-state index in [1.807, 2.05) is 0 Å². The Morgan fingerprint density at radius 3 is 2.41 bits per heavy atom. The molecule has 0 aliphatic rings. The third kappa shape index (κ3) is 4.22. The molecule has 140 valence electrons. The smallest absolute Gasteiger partial charge is 0.324 e. The van der Waals surface area contributed by atoms with E-state index in [0.29, 0.717) is 16.4 Å². The van der Waals surface area contributed by atoms with Crippen molar-refractivity contribution < 1.29 is 13.2 Å². The van der Waals surface area contributed by atoms with Crippen molar-refractivity contribution in [1.82, 2.24) is 19.8 Å². The van der Waals surface area contributed by atoms with Crippen molar-refractivity contribution in [1.29, 1.82) is 0 Å². The minimum atomic E-state index is -3.82. The predicted octanol–water partition coefficient (Wildman–Crippen LogP) is 0.369. The van der Waals surface area contributed by atoms with E-state index >= 15 is 0 Å². The molecular formula is C15H13ClN6O4S. The highest BCUT2D eigenvalue weighted by molar-refractivity contribution is 7.89. The molecule has 3 aromatic rings. The first-order valence-electron chi connectivity index (χ1n) is 7.46. The van der Waals surface area contributed by atoms with Crippen LogP contribution in [0.5, 0.6) is 0 Å². The lowest BCUT2D eigenvalue weighted by Gasteiger charge is -2.05. The lowest BCUT2D eigenvalue weighted by molar-refractivity contribution is -0.117. The average Bonchev–Trinajstić information content (AvgIpc) is 2.95. The maximum absolute atomic E-state index is 12.3. The normalized spacial score (nSPS) is 11.3. The van der Waals surface area contributed by atoms with Gasteiger partial charge < -0.3 is 5.32 Å². The number of primary sulfonamides is 1. The Kier molecular flexibility index (Phi) is 5.08. The number of sulfonamides is 1. The van der Waals surface area contributed by atoms with Crippen LogP contribution < -0.4 is 16.1 Å². The first kappa shape index (κ1) is 18.8. The van der Waals surface area contributed by atoms with Gasteiger partial charge in [-0.15, -0.1) is 0 Å². The van der Waals surface area contributed by atoms with E-state index in [4.69, 9.17) is 16.7 Å². The SMILES string of the molecule is NS(=O)(=O)c1ccc(NC(=O)Cn2nnn(-c3ccccc3Cl)c2=O)cc1. The van der Waals surface area contributed by atoms with Crippen LogP contribution in [0.25, 0.3) is 5.69 Å². The van der Waals surface area contributed by atoms with E-state index < -0.39 is 21.6 Å². The third-order valence-corrected chi connectivity index (χ3v) is 4.73. The lowest BCUT2D eigenvalue weighted by atomic mass is 10.3. The van der Waals surface area contributed by atoms with E-state index in [0.717, 1.165) is 9.36 Å². The summed E-state index contributed by atoms with van der Waals surface area (Å²) in [6.07, 6.45) is 0. The fraction of sp³-hybridized carbons (Fsp3) is 0.0667. The Balaban J connectivity index is 1.74. The first-order chi connectivity index (χ1) is 12.8. The van der Waals surface area contributed by atoms with E-state index in [9.17, 15) is 18.0 Å².